The molecular formula is C16H13BrF3NO. The first-order chi connectivity index (χ1) is 10.3. The molecule has 0 radical (unpaired) electrons. The van der Waals surface area contributed by atoms with E-state index in [1.165, 1.54) is 12.1 Å². The number of hydrogen-bond acceptors (Lipinski definition) is 1. The Labute approximate surface area is 134 Å². The highest BCUT2D eigenvalue weighted by Gasteiger charge is 2.30. The van der Waals surface area contributed by atoms with E-state index in [-0.39, 0.29) is 11.6 Å². The molecule has 116 valence electrons. The molecule has 1 N–H and O–H groups in total. The van der Waals surface area contributed by atoms with Gasteiger partial charge in [-0.15, -0.1) is 0 Å². The Bertz CT molecular complexity index is 685. The second kappa shape index (κ2) is 6.52. The van der Waals surface area contributed by atoms with Gasteiger partial charge in [0.25, 0.3) is 5.91 Å². The van der Waals surface area contributed by atoms with E-state index in [1.54, 1.807) is 6.92 Å². The molecule has 0 fully saturated rings. The summed E-state index contributed by atoms with van der Waals surface area (Å²) in [6.07, 6.45) is -4.47. The third-order valence-corrected chi connectivity index (χ3v) is 3.64. The molecule has 0 unspecified atom stereocenters. The Morgan fingerprint density at radius 3 is 2.45 bits per heavy atom. The number of amides is 1. The monoisotopic (exact) mass is 371 g/mol. The normalized spacial score (nSPS) is 12.8. The summed E-state index contributed by atoms with van der Waals surface area (Å²) in [7, 11) is 0. The molecule has 0 heterocycles. The molecule has 2 nitrogen and oxygen atoms in total. The molecule has 2 rings (SSSR count). The van der Waals surface area contributed by atoms with Crippen LogP contribution in [0.2, 0.25) is 0 Å². The summed E-state index contributed by atoms with van der Waals surface area (Å²) in [6, 6.07) is 11.4. The topological polar surface area (TPSA) is 29.1 Å². The lowest BCUT2D eigenvalue weighted by Crippen LogP contribution is -2.27. The third kappa shape index (κ3) is 4.10. The molecule has 2 aromatic rings. The summed E-state index contributed by atoms with van der Waals surface area (Å²) in [6.45, 7) is 1.77. The van der Waals surface area contributed by atoms with Crippen LogP contribution < -0.4 is 5.32 Å². The molecule has 1 atom stereocenters. The lowest BCUT2D eigenvalue weighted by Gasteiger charge is -2.15. The van der Waals surface area contributed by atoms with Crippen molar-refractivity contribution in [2.45, 2.75) is 19.1 Å². The smallest absolute Gasteiger partial charge is 0.346 e. The summed E-state index contributed by atoms with van der Waals surface area (Å²) >= 11 is 3.34. The molecule has 0 aliphatic heterocycles. The summed E-state index contributed by atoms with van der Waals surface area (Å²) in [4.78, 5) is 12.1. The van der Waals surface area contributed by atoms with Gasteiger partial charge in [-0.25, -0.2) is 0 Å². The van der Waals surface area contributed by atoms with Crippen LogP contribution >= 0.6 is 15.9 Å². The highest BCUT2D eigenvalue weighted by atomic mass is 79.9. The van der Waals surface area contributed by atoms with Gasteiger partial charge in [0.2, 0.25) is 0 Å². The molecule has 1 amide bonds. The van der Waals surface area contributed by atoms with E-state index in [4.69, 9.17) is 0 Å². The Balaban J connectivity index is 2.15. The van der Waals surface area contributed by atoms with E-state index in [0.29, 0.717) is 0 Å². The standard InChI is InChI=1S/C16H13BrF3NO/c1-10(11-4-3-7-14(17)9-11)21-15(22)12-5-2-6-13(8-12)16(18,19)20/h2-10H,1H3,(H,21,22)/t10-/m1/s1. The largest absolute Gasteiger partial charge is 0.416 e. The van der Waals surface area contributed by atoms with Gasteiger partial charge in [-0.3, -0.25) is 4.79 Å². The molecule has 22 heavy (non-hydrogen) atoms. The van der Waals surface area contributed by atoms with Crippen LogP contribution in [0, 0.1) is 0 Å². The van der Waals surface area contributed by atoms with Gasteiger partial charge in [0.15, 0.2) is 0 Å². The van der Waals surface area contributed by atoms with Crippen molar-refractivity contribution in [1.29, 1.82) is 0 Å². The zero-order valence-corrected chi connectivity index (χ0v) is 13.2. The summed E-state index contributed by atoms with van der Waals surface area (Å²) < 4.78 is 38.9. The zero-order valence-electron chi connectivity index (χ0n) is 11.6. The van der Waals surface area contributed by atoms with Crippen molar-refractivity contribution >= 4 is 21.8 Å². The predicted octanol–water partition coefficient (Wildman–Crippen LogP) is 4.96. The van der Waals surface area contributed by atoms with E-state index in [9.17, 15) is 18.0 Å². The van der Waals surface area contributed by atoms with Crippen molar-refractivity contribution < 1.29 is 18.0 Å². The van der Waals surface area contributed by atoms with Crippen LogP contribution in [0.4, 0.5) is 13.2 Å². The Morgan fingerprint density at radius 2 is 1.82 bits per heavy atom. The SMILES string of the molecule is C[C@@H](NC(=O)c1cccc(C(F)(F)F)c1)c1cccc(Br)c1. The van der Waals surface area contributed by atoms with Crippen LogP contribution in [0.5, 0.6) is 0 Å². The van der Waals surface area contributed by atoms with Crippen LogP contribution in [0.3, 0.4) is 0 Å². The average molecular weight is 372 g/mol. The lowest BCUT2D eigenvalue weighted by molar-refractivity contribution is -0.137. The third-order valence-electron chi connectivity index (χ3n) is 3.15. The van der Waals surface area contributed by atoms with Crippen molar-refractivity contribution in [2.24, 2.45) is 0 Å². The first-order valence-electron chi connectivity index (χ1n) is 6.51. The number of nitrogens with one attached hydrogen (secondary N) is 1. The molecule has 0 aliphatic rings. The van der Waals surface area contributed by atoms with E-state index in [2.05, 4.69) is 21.2 Å². The highest BCUT2D eigenvalue weighted by Crippen LogP contribution is 2.29. The summed E-state index contributed by atoms with van der Waals surface area (Å²) in [5.74, 6) is -0.543. The predicted molar refractivity (Wildman–Crippen MR) is 81.5 cm³/mol. The second-order valence-electron chi connectivity index (χ2n) is 4.83. The Hall–Kier alpha value is -1.82. The van der Waals surface area contributed by atoms with Gasteiger partial charge in [0.1, 0.15) is 0 Å². The first kappa shape index (κ1) is 16.5. The van der Waals surface area contributed by atoms with Gasteiger partial charge in [-0.1, -0.05) is 34.1 Å². The fraction of sp³-hybridized carbons (Fsp3) is 0.188. The van der Waals surface area contributed by atoms with Gasteiger partial charge in [-0.05, 0) is 42.8 Å². The average Bonchev–Trinajstić information content (AvgIpc) is 2.46. The first-order valence-corrected chi connectivity index (χ1v) is 7.30. The summed E-state index contributed by atoms with van der Waals surface area (Å²) in [5, 5.41) is 2.69. The van der Waals surface area contributed by atoms with Crippen molar-refractivity contribution in [3.05, 3.63) is 69.7 Å². The molecule has 2 aromatic carbocycles. The molecule has 0 aromatic heterocycles. The number of benzene rings is 2. The fourth-order valence-electron chi connectivity index (χ4n) is 1.98. The van der Waals surface area contributed by atoms with E-state index in [1.807, 2.05) is 24.3 Å². The van der Waals surface area contributed by atoms with Crippen molar-refractivity contribution in [3.8, 4) is 0 Å². The maximum atomic E-state index is 12.7. The zero-order chi connectivity index (χ0) is 16.3. The maximum absolute atomic E-state index is 12.7. The van der Waals surface area contributed by atoms with Gasteiger partial charge in [0.05, 0.1) is 11.6 Å². The molecule has 0 bridgehead atoms. The van der Waals surface area contributed by atoms with Crippen LogP contribution in [-0.2, 0) is 6.18 Å². The van der Waals surface area contributed by atoms with Crippen molar-refractivity contribution in [2.75, 3.05) is 0 Å². The van der Waals surface area contributed by atoms with Crippen molar-refractivity contribution in [3.63, 3.8) is 0 Å². The lowest BCUT2D eigenvalue weighted by atomic mass is 10.1. The molecule has 6 heteroatoms. The molecular weight excluding hydrogens is 359 g/mol. The number of rotatable bonds is 3. The minimum absolute atomic E-state index is 0.0170. The maximum Gasteiger partial charge on any atom is 0.416 e. The number of hydrogen-bond donors (Lipinski definition) is 1. The Morgan fingerprint density at radius 1 is 1.14 bits per heavy atom. The molecule has 0 saturated heterocycles. The summed E-state index contributed by atoms with van der Waals surface area (Å²) in [5.41, 5.74) is 0.00151. The second-order valence-corrected chi connectivity index (χ2v) is 5.74. The minimum atomic E-state index is -4.47. The van der Waals surface area contributed by atoms with E-state index in [0.717, 1.165) is 22.2 Å². The number of halogens is 4. The molecule has 0 saturated carbocycles. The number of carbonyl (C=O) groups excluding carboxylic acids is 1. The van der Waals surface area contributed by atoms with Crippen LogP contribution in [0.1, 0.15) is 34.5 Å². The van der Waals surface area contributed by atoms with Crippen LogP contribution in [-0.4, -0.2) is 5.91 Å². The van der Waals surface area contributed by atoms with Gasteiger partial charge in [-0.2, -0.15) is 13.2 Å². The van der Waals surface area contributed by atoms with Crippen LogP contribution in [0.15, 0.2) is 53.0 Å². The van der Waals surface area contributed by atoms with Crippen LogP contribution in [0.25, 0.3) is 0 Å². The molecule has 0 spiro atoms. The van der Waals surface area contributed by atoms with E-state index < -0.39 is 17.6 Å². The Kier molecular flexibility index (Phi) is 4.90. The van der Waals surface area contributed by atoms with Gasteiger partial charge < -0.3 is 5.32 Å². The fourth-order valence-corrected chi connectivity index (χ4v) is 2.39. The molecule has 0 aliphatic carbocycles. The number of alkyl halides is 3. The minimum Gasteiger partial charge on any atom is -0.346 e. The van der Waals surface area contributed by atoms with E-state index >= 15 is 0 Å². The number of carbonyl (C=O) groups is 1. The van der Waals surface area contributed by atoms with Gasteiger partial charge >= 0.3 is 6.18 Å². The highest BCUT2D eigenvalue weighted by molar-refractivity contribution is 9.10. The quantitative estimate of drug-likeness (QED) is 0.811. The van der Waals surface area contributed by atoms with Gasteiger partial charge in [0, 0.05) is 10.0 Å². The van der Waals surface area contributed by atoms with Crippen molar-refractivity contribution in [1.82, 2.24) is 5.32 Å².